The Morgan fingerprint density at radius 1 is 0.923 bits per heavy atom. The van der Waals surface area contributed by atoms with Gasteiger partial charge in [-0.1, -0.05) is 24.3 Å². The molecule has 0 aliphatic carbocycles. The maximum absolute atomic E-state index is 12.4. The molecule has 2 aromatic rings. The quantitative estimate of drug-likeness (QED) is 0.868. The summed E-state index contributed by atoms with van der Waals surface area (Å²) in [5.41, 5.74) is 4.60. The highest BCUT2D eigenvalue weighted by atomic mass is 16.2. The monoisotopic (exact) mass is 351 g/mol. The minimum atomic E-state index is 0.113. The van der Waals surface area contributed by atoms with Crippen LogP contribution < -0.4 is 10.2 Å². The number of nitrogens with zero attached hydrogens (tertiary/aromatic N) is 2. The summed E-state index contributed by atoms with van der Waals surface area (Å²) in [6, 6.07) is 16.9. The van der Waals surface area contributed by atoms with E-state index < -0.39 is 0 Å². The van der Waals surface area contributed by atoms with Crippen molar-refractivity contribution in [2.24, 2.45) is 0 Å². The molecular weight excluding hydrogens is 322 g/mol. The summed E-state index contributed by atoms with van der Waals surface area (Å²) in [4.78, 5) is 16.7. The van der Waals surface area contributed by atoms with Crippen molar-refractivity contribution >= 4 is 11.6 Å². The Kier molecular flexibility index (Phi) is 6.29. The molecule has 0 bridgehead atoms. The van der Waals surface area contributed by atoms with Gasteiger partial charge in [0.05, 0.1) is 0 Å². The van der Waals surface area contributed by atoms with Crippen LogP contribution in [0.1, 0.15) is 35.3 Å². The fourth-order valence-electron chi connectivity index (χ4n) is 3.44. The molecule has 0 spiro atoms. The molecule has 1 heterocycles. The minimum Gasteiger partial charge on any atom is -0.369 e. The second kappa shape index (κ2) is 8.86. The number of hydrogen-bond acceptors (Lipinski definition) is 3. The molecule has 3 rings (SSSR count). The van der Waals surface area contributed by atoms with Crippen LogP contribution in [0.5, 0.6) is 0 Å². The van der Waals surface area contributed by atoms with E-state index in [9.17, 15) is 4.79 Å². The topological polar surface area (TPSA) is 35.6 Å². The summed E-state index contributed by atoms with van der Waals surface area (Å²) >= 11 is 0. The van der Waals surface area contributed by atoms with Gasteiger partial charge in [0, 0.05) is 50.5 Å². The van der Waals surface area contributed by atoms with Gasteiger partial charge in [-0.2, -0.15) is 0 Å². The van der Waals surface area contributed by atoms with E-state index in [2.05, 4.69) is 46.6 Å². The van der Waals surface area contributed by atoms with Gasteiger partial charge in [0.2, 0.25) is 0 Å². The Bertz CT molecular complexity index is 699. The summed E-state index contributed by atoms with van der Waals surface area (Å²) in [6.45, 7) is 9.77. The smallest absolute Gasteiger partial charge is 0.253 e. The van der Waals surface area contributed by atoms with E-state index in [4.69, 9.17) is 0 Å². The molecule has 1 fully saturated rings. The van der Waals surface area contributed by atoms with Crippen LogP contribution in [0.25, 0.3) is 0 Å². The van der Waals surface area contributed by atoms with Crippen LogP contribution in [0.4, 0.5) is 5.69 Å². The Hall–Kier alpha value is -2.33. The van der Waals surface area contributed by atoms with Crippen LogP contribution in [-0.2, 0) is 6.42 Å². The molecule has 1 amide bonds. The fourth-order valence-corrected chi connectivity index (χ4v) is 3.44. The van der Waals surface area contributed by atoms with E-state index >= 15 is 0 Å². The first-order chi connectivity index (χ1) is 12.7. The van der Waals surface area contributed by atoms with Gasteiger partial charge in [-0.25, -0.2) is 0 Å². The van der Waals surface area contributed by atoms with Gasteiger partial charge in [-0.15, -0.1) is 0 Å². The maximum Gasteiger partial charge on any atom is 0.253 e. The number of amides is 1. The second-order valence-corrected chi connectivity index (χ2v) is 6.75. The van der Waals surface area contributed by atoms with Gasteiger partial charge in [0.25, 0.3) is 5.91 Å². The third kappa shape index (κ3) is 4.44. The van der Waals surface area contributed by atoms with E-state index in [-0.39, 0.29) is 5.91 Å². The Labute approximate surface area is 156 Å². The van der Waals surface area contributed by atoms with Gasteiger partial charge >= 0.3 is 0 Å². The molecular formula is C22H29N3O. The van der Waals surface area contributed by atoms with E-state index in [0.29, 0.717) is 0 Å². The zero-order chi connectivity index (χ0) is 18.4. The van der Waals surface area contributed by atoms with Gasteiger partial charge in [-0.3, -0.25) is 4.79 Å². The van der Waals surface area contributed by atoms with Crippen molar-refractivity contribution < 1.29 is 4.79 Å². The van der Waals surface area contributed by atoms with E-state index in [0.717, 1.165) is 51.3 Å². The zero-order valence-electron chi connectivity index (χ0n) is 15.9. The second-order valence-electron chi connectivity index (χ2n) is 6.75. The van der Waals surface area contributed by atoms with Crippen LogP contribution >= 0.6 is 0 Å². The lowest BCUT2D eigenvalue weighted by Crippen LogP contribution is -2.43. The largest absolute Gasteiger partial charge is 0.369 e. The molecule has 1 aliphatic rings. The standard InChI is InChI=1S/C22H29N3O/c1-3-24(4-2)22(26)20-9-5-18(6-10-20)17-19-7-11-21(12-8-19)25-15-13-23-14-16-25/h5-12,23H,3-4,13-17H2,1-2H3. The van der Waals surface area contributed by atoms with Crippen molar-refractivity contribution in [2.75, 3.05) is 44.2 Å². The summed E-state index contributed by atoms with van der Waals surface area (Å²) in [5, 5.41) is 3.39. The van der Waals surface area contributed by atoms with Crippen molar-refractivity contribution in [3.63, 3.8) is 0 Å². The molecule has 0 atom stereocenters. The molecule has 0 unspecified atom stereocenters. The SMILES string of the molecule is CCN(CC)C(=O)c1ccc(Cc2ccc(N3CCNCC3)cc2)cc1. The van der Waals surface area contributed by atoms with Crippen molar-refractivity contribution in [1.29, 1.82) is 0 Å². The van der Waals surface area contributed by atoms with Gasteiger partial charge < -0.3 is 15.1 Å². The molecule has 2 aromatic carbocycles. The number of piperazine rings is 1. The zero-order valence-corrected chi connectivity index (χ0v) is 15.9. The van der Waals surface area contributed by atoms with Crippen molar-refractivity contribution in [3.05, 3.63) is 65.2 Å². The molecule has 4 heteroatoms. The molecule has 1 saturated heterocycles. The summed E-state index contributed by atoms with van der Waals surface area (Å²) in [7, 11) is 0. The third-order valence-corrected chi connectivity index (χ3v) is 5.08. The number of hydrogen-bond donors (Lipinski definition) is 1. The van der Waals surface area contributed by atoms with E-state index in [1.165, 1.54) is 16.8 Å². The van der Waals surface area contributed by atoms with Gasteiger partial charge in [-0.05, 0) is 55.7 Å². The molecule has 4 nitrogen and oxygen atoms in total. The van der Waals surface area contributed by atoms with Crippen LogP contribution in [0, 0.1) is 0 Å². The number of carbonyl (C=O) groups is 1. The highest BCUT2D eigenvalue weighted by Crippen LogP contribution is 2.18. The Balaban J connectivity index is 1.62. The highest BCUT2D eigenvalue weighted by Gasteiger charge is 2.12. The molecule has 138 valence electrons. The average Bonchev–Trinajstić information content (AvgIpc) is 2.71. The summed E-state index contributed by atoms with van der Waals surface area (Å²) in [6.07, 6.45) is 0.890. The fraction of sp³-hybridized carbons (Fsp3) is 0.409. The predicted octanol–water partition coefficient (Wildman–Crippen LogP) is 3.17. The highest BCUT2D eigenvalue weighted by molar-refractivity contribution is 5.94. The van der Waals surface area contributed by atoms with Crippen LogP contribution in [-0.4, -0.2) is 50.1 Å². The number of nitrogens with one attached hydrogen (secondary N) is 1. The third-order valence-electron chi connectivity index (χ3n) is 5.08. The molecule has 0 radical (unpaired) electrons. The van der Waals surface area contributed by atoms with Crippen molar-refractivity contribution in [3.8, 4) is 0 Å². The lowest BCUT2D eigenvalue weighted by molar-refractivity contribution is 0.0773. The van der Waals surface area contributed by atoms with Crippen LogP contribution in [0.3, 0.4) is 0 Å². The van der Waals surface area contributed by atoms with Crippen LogP contribution in [0.2, 0.25) is 0 Å². The van der Waals surface area contributed by atoms with Gasteiger partial charge in [0.1, 0.15) is 0 Å². The number of carbonyl (C=O) groups excluding carboxylic acids is 1. The average molecular weight is 351 g/mol. The molecule has 0 aromatic heterocycles. The Morgan fingerprint density at radius 2 is 1.46 bits per heavy atom. The minimum absolute atomic E-state index is 0.113. The number of benzene rings is 2. The lowest BCUT2D eigenvalue weighted by atomic mass is 10.0. The van der Waals surface area contributed by atoms with Gasteiger partial charge in [0.15, 0.2) is 0 Å². The Morgan fingerprint density at radius 3 is 2.00 bits per heavy atom. The molecule has 1 N–H and O–H groups in total. The van der Waals surface area contributed by atoms with Crippen LogP contribution in [0.15, 0.2) is 48.5 Å². The van der Waals surface area contributed by atoms with E-state index in [1.807, 2.05) is 30.9 Å². The normalized spacial score (nSPS) is 14.3. The lowest BCUT2D eigenvalue weighted by Gasteiger charge is -2.29. The first-order valence-corrected chi connectivity index (χ1v) is 9.64. The predicted molar refractivity (Wildman–Crippen MR) is 108 cm³/mol. The number of rotatable bonds is 6. The first-order valence-electron chi connectivity index (χ1n) is 9.64. The van der Waals surface area contributed by atoms with E-state index in [1.54, 1.807) is 0 Å². The molecule has 26 heavy (non-hydrogen) atoms. The molecule has 1 aliphatic heterocycles. The van der Waals surface area contributed by atoms with Crippen molar-refractivity contribution in [1.82, 2.24) is 10.2 Å². The maximum atomic E-state index is 12.4. The summed E-state index contributed by atoms with van der Waals surface area (Å²) in [5.74, 6) is 0.113. The first kappa shape index (κ1) is 18.5. The summed E-state index contributed by atoms with van der Waals surface area (Å²) < 4.78 is 0. The molecule has 0 saturated carbocycles. The van der Waals surface area contributed by atoms with Crippen molar-refractivity contribution in [2.45, 2.75) is 20.3 Å². The number of anilines is 1.